The number of carbonyl (C=O) groups is 1. The van der Waals surface area contributed by atoms with E-state index >= 15 is 0 Å². The van der Waals surface area contributed by atoms with E-state index < -0.39 is 0 Å². The van der Waals surface area contributed by atoms with Crippen molar-refractivity contribution in [2.75, 3.05) is 11.6 Å². The molecule has 3 nitrogen and oxygen atoms in total. The number of halogens is 1. The van der Waals surface area contributed by atoms with Gasteiger partial charge in [0.25, 0.3) is 0 Å². The van der Waals surface area contributed by atoms with Crippen LogP contribution in [-0.4, -0.2) is 12.2 Å². The van der Waals surface area contributed by atoms with Crippen LogP contribution in [0.4, 0.5) is 10.1 Å². The van der Waals surface area contributed by atoms with Crippen LogP contribution in [0.15, 0.2) is 42.5 Å². The van der Waals surface area contributed by atoms with Gasteiger partial charge in [0.05, 0.1) is 0 Å². The van der Waals surface area contributed by atoms with Crippen LogP contribution in [-0.2, 0) is 17.1 Å². The Balaban J connectivity index is 2.05. The first-order valence-electron chi connectivity index (χ1n) is 7.86. The fourth-order valence-electron chi connectivity index (χ4n) is 2.53. The van der Waals surface area contributed by atoms with E-state index in [1.165, 1.54) is 13.0 Å². The summed E-state index contributed by atoms with van der Waals surface area (Å²) >= 11 is 1.68. The number of anilines is 1. The molecule has 2 aromatic carbocycles. The van der Waals surface area contributed by atoms with Gasteiger partial charge in [0.1, 0.15) is 5.82 Å². The molecule has 128 valence electrons. The monoisotopic (exact) mass is 346 g/mol. The highest BCUT2D eigenvalue weighted by Crippen LogP contribution is 2.20. The van der Waals surface area contributed by atoms with Crippen molar-refractivity contribution in [1.29, 1.82) is 0 Å². The molecular formula is C19H23FN2OS. The van der Waals surface area contributed by atoms with Gasteiger partial charge in [-0.2, -0.15) is 11.8 Å². The largest absolute Gasteiger partial charge is 0.326 e. The van der Waals surface area contributed by atoms with Crippen LogP contribution < -0.4 is 10.6 Å². The van der Waals surface area contributed by atoms with Crippen LogP contribution in [0.3, 0.4) is 0 Å². The first-order chi connectivity index (χ1) is 11.5. The third kappa shape index (κ3) is 5.35. The molecule has 1 amide bonds. The predicted octanol–water partition coefficient (Wildman–Crippen LogP) is 4.50. The number of benzene rings is 2. The summed E-state index contributed by atoms with van der Waals surface area (Å²) in [7, 11) is 0. The summed E-state index contributed by atoms with van der Waals surface area (Å²) in [5, 5.41) is 6.26. The summed E-state index contributed by atoms with van der Waals surface area (Å²) in [6.45, 7) is 4.24. The SMILES string of the molecule is CSCc1cc(F)ccc1CN[C@@H](C)c1cccc(NC(C)=O)c1. The predicted molar refractivity (Wildman–Crippen MR) is 99.6 cm³/mol. The fraction of sp³-hybridized carbons (Fsp3) is 0.316. The molecule has 1 atom stereocenters. The second-order valence-electron chi connectivity index (χ2n) is 5.76. The Morgan fingerprint density at radius 3 is 2.71 bits per heavy atom. The van der Waals surface area contributed by atoms with Crippen LogP contribution in [0.25, 0.3) is 0 Å². The van der Waals surface area contributed by atoms with Gasteiger partial charge in [-0.05, 0) is 54.1 Å². The molecule has 24 heavy (non-hydrogen) atoms. The summed E-state index contributed by atoms with van der Waals surface area (Å²) in [6, 6.07) is 12.9. The van der Waals surface area contributed by atoms with Gasteiger partial charge < -0.3 is 10.6 Å². The highest BCUT2D eigenvalue weighted by atomic mass is 32.2. The minimum Gasteiger partial charge on any atom is -0.326 e. The number of nitrogens with one attached hydrogen (secondary N) is 2. The molecule has 0 aliphatic heterocycles. The van der Waals surface area contributed by atoms with E-state index in [2.05, 4.69) is 17.6 Å². The highest BCUT2D eigenvalue weighted by Gasteiger charge is 2.09. The van der Waals surface area contributed by atoms with E-state index in [1.54, 1.807) is 17.8 Å². The molecule has 0 saturated heterocycles. The van der Waals surface area contributed by atoms with Gasteiger partial charge in [-0.15, -0.1) is 0 Å². The number of hydrogen-bond donors (Lipinski definition) is 2. The van der Waals surface area contributed by atoms with Gasteiger partial charge in [-0.3, -0.25) is 4.79 Å². The molecule has 0 aliphatic rings. The summed E-state index contributed by atoms with van der Waals surface area (Å²) in [4.78, 5) is 11.2. The van der Waals surface area contributed by atoms with E-state index in [0.29, 0.717) is 6.54 Å². The smallest absolute Gasteiger partial charge is 0.221 e. The standard InChI is InChI=1S/C19H23FN2OS/c1-13(15-5-4-6-19(10-15)22-14(2)23)21-11-16-7-8-18(20)9-17(16)12-24-3/h4-10,13,21H,11-12H2,1-3H3,(H,22,23)/t13-/m0/s1. The van der Waals surface area contributed by atoms with Crippen LogP contribution in [0.2, 0.25) is 0 Å². The van der Waals surface area contributed by atoms with Gasteiger partial charge in [0.15, 0.2) is 0 Å². The maximum atomic E-state index is 13.4. The molecule has 2 rings (SSSR count). The lowest BCUT2D eigenvalue weighted by Crippen LogP contribution is -2.19. The first kappa shape index (κ1) is 18.5. The van der Waals surface area contributed by atoms with Crippen molar-refractivity contribution in [3.8, 4) is 0 Å². The molecule has 2 aromatic rings. The Morgan fingerprint density at radius 2 is 2.00 bits per heavy atom. The van der Waals surface area contributed by atoms with Gasteiger partial charge >= 0.3 is 0 Å². The number of carbonyl (C=O) groups excluding carboxylic acids is 1. The average Bonchev–Trinajstić information content (AvgIpc) is 2.54. The van der Waals surface area contributed by atoms with Crippen molar-refractivity contribution in [2.24, 2.45) is 0 Å². The number of hydrogen-bond acceptors (Lipinski definition) is 3. The van der Waals surface area contributed by atoms with E-state index in [-0.39, 0.29) is 17.8 Å². The van der Waals surface area contributed by atoms with Crippen molar-refractivity contribution >= 4 is 23.4 Å². The third-order valence-corrected chi connectivity index (χ3v) is 4.37. The topological polar surface area (TPSA) is 41.1 Å². The summed E-state index contributed by atoms with van der Waals surface area (Å²) in [5.74, 6) is 0.515. The zero-order valence-corrected chi connectivity index (χ0v) is 15.0. The van der Waals surface area contributed by atoms with Crippen LogP contribution in [0.5, 0.6) is 0 Å². The zero-order valence-electron chi connectivity index (χ0n) is 14.2. The molecule has 0 heterocycles. The normalized spacial score (nSPS) is 12.0. The Labute approximate surface area is 147 Å². The van der Waals surface area contributed by atoms with Crippen molar-refractivity contribution in [3.05, 3.63) is 65.0 Å². The number of thioether (sulfide) groups is 1. The lowest BCUT2D eigenvalue weighted by atomic mass is 10.1. The Kier molecular flexibility index (Phi) is 6.82. The molecule has 0 fully saturated rings. The fourth-order valence-corrected chi connectivity index (χ4v) is 3.11. The second kappa shape index (κ2) is 8.85. The second-order valence-corrected chi connectivity index (χ2v) is 6.62. The minimum atomic E-state index is -0.196. The van der Waals surface area contributed by atoms with Crippen molar-refractivity contribution in [2.45, 2.75) is 32.2 Å². The molecule has 0 unspecified atom stereocenters. The van der Waals surface area contributed by atoms with E-state index in [1.807, 2.05) is 36.6 Å². The highest BCUT2D eigenvalue weighted by molar-refractivity contribution is 7.97. The Morgan fingerprint density at radius 1 is 1.21 bits per heavy atom. The van der Waals surface area contributed by atoms with Gasteiger partial charge in [0, 0.05) is 31.0 Å². The lowest BCUT2D eigenvalue weighted by Gasteiger charge is -2.17. The van der Waals surface area contributed by atoms with Gasteiger partial charge in [-0.1, -0.05) is 18.2 Å². The van der Waals surface area contributed by atoms with E-state index in [9.17, 15) is 9.18 Å². The summed E-state index contributed by atoms with van der Waals surface area (Å²) in [6.07, 6.45) is 2.01. The van der Waals surface area contributed by atoms with Crippen LogP contribution in [0.1, 0.15) is 36.6 Å². The molecule has 2 N–H and O–H groups in total. The Hall–Kier alpha value is -1.85. The Bertz CT molecular complexity index is 706. The molecular weight excluding hydrogens is 323 g/mol. The summed E-state index contributed by atoms with van der Waals surface area (Å²) in [5.41, 5.74) is 4.01. The van der Waals surface area contributed by atoms with Crippen molar-refractivity contribution in [1.82, 2.24) is 5.32 Å². The van der Waals surface area contributed by atoms with Crippen molar-refractivity contribution < 1.29 is 9.18 Å². The third-order valence-electron chi connectivity index (χ3n) is 3.77. The average molecular weight is 346 g/mol. The molecule has 0 bridgehead atoms. The quantitative estimate of drug-likeness (QED) is 0.776. The zero-order chi connectivity index (χ0) is 17.5. The van der Waals surface area contributed by atoms with Crippen molar-refractivity contribution in [3.63, 3.8) is 0 Å². The minimum absolute atomic E-state index is 0.0826. The van der Waals surface area contributed by atoms with Crippen LogP contribution >= 0.6 is 11.8 Å². The molecule has 0 aromatic heterocycles. The summed E-state index contributed by atoms with van der Waals surface area (Å²) < 4.78 is 13.4. The van der Waals surface area contributed by atoms with E-state index in [4.69, 9.17) is 0 Å². The number of amides is 1. The lowest BCUT2D eigenvalue weighted by molar-refractivity contribution is -0.114. The molecule has 0 saturated carbocycles. The van der Waals surface area contributed by atoms with Gasteiger partial charge in [0.2, 0.25) is 5.91 Å². The first-order valence-corrected chi connectivity index (χ1v) is 9.26. The van der Waals surface area contributed by atoms with Crippen LogP contribution in [0, 0.1) is 5.82 Å². The van der Waals surface area contributed by atoms with Gasteiger partial charge in [-0.25, -0.2) is 4.39 Å². The molecule has 0 aliphatic carbocycles. The molecule has 0 spiro atoms. The van der Waals surface area contributed by atoms with E-state index in [0.717, 1.165) is 28.1 Å². The maximum Gasteiger partial charge on any atom is 0.221 e. The maximum absolute atomic E-state index is 13.4. The molecule has 0 radical (unpaired) electrons. The number of rotatable bonds is 7. The molecule has 5 heteroatoms.